The van der Waals surface area contributed by atoms with E-state index in [0.717, 1.165) is 0 Å². The second-order valence-corrected chi connectivity index (χ2v) is 5.11. The van der Waals surface area contributed by atoms with E-state index in [9.17, 15) is 10.1 Å². The third-order valence-electron chi connectivity index (χ3n) is 2.32. The van der Waals surface area contributed by atoms with E-state index in [1.807, 2.05) is 6.92 Å². The van der Waals surface area contributed by atoms with Crippen molar-refractivity contribution in [2.45, 2.75) is 13.3 Å². The summed E-state index contributed by atoms with van der Waals surface area (Å²) < 4.78 is 6.04. The minimum atomic E-state index is -0.498. The summed E-state index contributed by atoms with van der Waals surface area (Å²) in [6.07, 6.45) is 0.607. The molecule has 0 aliphatic rings. The predicted molar refractivity (Wildman–Crippen MR) is 77.3 cm³/mol. The molecule has 0 aliphatic carbocycles. The summed E-state index contributed by atoms with van der Waals surface area (Å²) in [5.41, 5.74) is -0.0785. The molecule has 0 amide bonds. The first-order valence-corrected chi connectivity index (χ1v) is 6.81. The molecule has 0 aliphatic heterocycles. The molecule has 1 aromatic carbocycles. The fourth-order valence-electron chi connectivity index (χ4n) is 1.49. The molecular formula is C12H9BrClN3O3. The SMILES string of the molecule is CCc1nc(Cl)cc(Oc2cc(Br)cc([N+](=O)[O-])c2)n1. The van der Waals surface area contributed by atoms with Crippen LogP contribution in [-0.4, -0.2) is 14.9 Å². The Kier molecular flexibility index (Phi) is 4.51. The number of nitro groups is 1. The van der Waals surface area contributed by atoms with Gasteiger partial charge in [0, 0.05) is 23.0 Å². The monoisotopic (exact) mass is 357 g/mol. The number of nitro benzene ring substituents is 1. The van der Waals surface area contributed by atoms with Gasteiger partial charge in [-0.05, 0) is 6.07 Å². The summed E-state index contributed by atoms with van der Waals surface area (Å²) in [5.74, 6) is 1.08. The molecule has 8 heteroatoms. The number of hydrogen-bond acceptors (Lipinski definition) is 5. The lowest BCUT2D eigenvalue weighted by Crippen LogP contribution is -1.97. The van der Waals surface area contributed by atoms with Gasteiger partial charge in [0.2, 0.25) is 5.88 Å². The van der Waals surface area contributed by atoms with E-state index in [1.54, 1.807) is 6.07 Å². The molecule has 0 unspecified atom stereocenters. The van der Waals surface area contributed by atoms with Gasteiger partial charge in [-0.1, -0.05) is 34.5 Å². The quantitative estimate of drug-likeness (QED) is 0.466. The molecule has 0 fully saturated rings. The Hall–Kier alpha value is -1.73. The summed E-state index contributed by atoms with van der Waals surface area (Å²) >= 11 is 9.05. The third kappa shape index (κ3) is 3.64. The first kappa shape index (κ1) is 14.7. The smallest absolute Gasteiger partial charge is 0.274 e. The highest BCUT2D eigenvalue weighted by Crippen LogP contribution is 2.29. The van der Waals surface area contributed by atoms with E-state index in [2.05, 4.69) is 25.9 Å². The van der Waals surface area contributed by atoms with E-state index in [4.69, 9.17) is 16.3 Å². The highest BCUT2D eigenvalue weighted by molar-refractivity contribution is 9.10. The fraction of sp³-hybridized carbons (Fsp3) is 0.167. The van der Waals surface area contributed by atoms with Crippen molar-refractivity contribution >= 4 is 33.2 Å². The van der Waals surface area contributed by atoms with Gasteiger partial charge < -0.3 is 4.74 Å². The topological polar surface area (TPSA) is 78.2 Å². The largest absolute Gasteiger partial charge is 0.439 e. The van der Waals surface area contributed by atoms with E-state index in [0.29, 0.717) is 22.5 Å². The average molecular weight is 359 g/mol. The molecule has 104 valence electrons. The van der Waals surface area contributed by atoms with E-state index < -0.39 is 4.92 Å². The molecule has 0 atom stereocenters. The molecule has 0 bridgehead atoms. The second-order valence-electron chi connectivity index (χ2n) is 3.80. The normalized spacial score (nSPS) is 10.3. The Morgan fingerprint density at radius 2 is 2.10 bits per heavy atom. The van der Waals surface area contributed by atoms with Gasteiger partial charge in [0.15, 0.2) is 0 Å². The summed E-state index contributed by atoms with van der Waals surface area (Å²) in [5, 5.41) is 11.1. The lowest BCUT2D eigenvalue weighted by atomic mass is 10.3. The highest BCUT2D eigenvalue weighted by atomic mass is 79.9. The van der Waals surface area contributed by atoms with Gasteiger partial charge in [-0.2, -0.15) is 4.98 Å². The number of halogens is 2. The number of ether oxygens (including phenoxy) is 1. The molecule has 0 radical (unpaired) electrons. The van der Waals surface area contributed by atoms with Crippen LogP contribution in [0.4, 0.5) is 5.69 Å². The van der Waals surface area contributed by atoms with Crippen molar-refractivity contribution in [3.63, 3.8) is 0 Å². The van der Waals surface area contributed by atoms with Crippen LogP contribution in [0.15, 0.2) is 28.7 Å². The summed E-state index contributed by atoms with van der Waals surface area (Å²) in [6, 6.07) is 5.76. The highest BCUT2D eigenvalue weighted by Gasteiger charge is 2.11. The van der Waals surface area contributed by atoms with Crippen LogP contribution in [0.5, 0.6) is 11.6 Å². The average Bonchev–Trinajstić information content (AvgIpc) is 2.37. The van der Waals surface area contributed by atoms with E-state index in [-0.39, 0.29) is 16.7 Å². The number of nitrogens with zero attached hydrogens (tertiary/aromatic N) is 3. The van der Waals surface area contributed by atoms with Crippen molar-refractivity contribution in [1.29, 1.82) is 0 Å². The summed E-state index contributed by atoms with van der Waals surface area (Å²) in [4.78, 5) is 18.5. The fourth-order valence-corrected chi connectivity index (χ4v) is 2.14. The molecule has 1 aromatic heterocycles. The third-order valence-corrected chi connectivity index (χ3v) is 2.97. The van der Waals surface area contributed by atoms with Crippen molar-refractivity contribution in [3.05, 3.63) is 49.8 Å². The zero-order valence-electron chi connectivity index (χ0n) is 10.3. The maximum Gasteiger partial charge on any atom is 0.274 e. The first-order chi connectivity index (χ1) is 9.47. The number of hydrogen-bond donors (Lipinski definition) is 0. The van der Waals surface area contributed by atoms with Crippen LogP contribution in [0.2, 0.25) is 5.15 Å². The van der Waals surface area contributed by atoms with Gasteiger partial charge in [-0.25, -0.2) is 4.98 Å². The number of aryl methyl sites for hydroxylation is 1. The second kappa shape index (κ2) is 6.15. The van der Waals surface area contributed by atoms with Crippen LogP contribution in [0, 0.1) is 10.1 Å². The molecule has 20 heavy (non-hydrogen) atoms. The molecule has 2 aromatic rings. The minimum Gasteiger partial charge on any atom is -0.439 e. The van der Waals surface area contributed by atoms with Gasteiger partial charge in [-0.3, -0.25) is 10.1 Å². The molecular weight excluding hydrogens is 350 g/mol. The number of non-ortho nitro benzene ring substituents is 1. The van der Waals surface area contributed by atoms with Crippen LogP contribution in [0.1, 0.15) is 12.7 Å². The number of aromatic nitrogens is 2. The predicted octanol–water partition coefficient (Wildman–Crippen LogP) is 4.16. The van der Waals surface area contributed by atoms with E-state index in [1.165, 1.54) is 18.2 Å². The Morgan fingerprint density at radius 1 is 1.35 bits per heavy atom. The van der Waals surface area contributed by atoms with Crippen molar-refractivity contribution in [3.8, 4) is 11.6 Å². The van der Waals surface area contributed by atoms with Gasteiger partial charge in [0.1, 0.15) is 16.7 Å². The van der Waals surface area contributed by atoms with Gasteiger partial charge in [0.05, 0.1) is 11.0 Å². The lowest BCUT2D eigenvalue weighted by molar-refractivity contribution is -0.385. The number of rotatable bonds is 4. The van der Waals surface area contributed by atoms with Crippen molar-refractivity contribution in [2.75, 3.05) is 0 Å². The van der Waals surface area contributed by atoms with Crippen molar-refractivity contribution < 1.29 is 9.66 Å². The van der Waals surface area contributed by atoms with Crippen molar-refractivity contribution in [1.82, 2.24) is 9.97 Å². The van der Waals surface area contributed by atoms with Crippen LogP contribution in [0.25, 0.3) is 0 Å². The van der Waals surface area contributed by atoms with Crippen LogP contribution in [0.3, 0.4) is 0 Å². The molecule has 0 spiro atoms. The maximum absolute atomic E-state index is 10.8. The van der Waals surface area contributed by atoms with Crippen molar-refractivity contribution in [2.24, 2.45) is 0 Å². The van der Waals surface area contributed by atoms with Crippen LogP contribution < -0.4 is 4.74 Å². The zero-order valence-corrected chi connectivity index (χ0v) is 12.7. The van der Waals surface area contributed by atoms with Crippen LogP contribution in [-0.2, 0) is 6.42 Å². The Balaban J connectivity index is 2.34. The Morgan fingerprint density at radius 3 is 2.75 bits per heavy atom. The number of benzene rings is 1. The molecule has 6 nitrogen and oxygen atoms in total. The van der Waals surface area contributed by atoms with Gasteiger partial charge in [-0.15, -0.1) is 0 Å². The maximum atomic E-state index is 10.8. The van der Waals surface area contributed by atoms with Gasteiger partial charge >= 0.3 is 0 Å². The molecule has 0 saturated carbocycles. The zero-order chi connectivity index (χ0) is 14.7. The molecule has 0 N–H and O–H groups in total. The summed E-state index contributed by atoms with van der Waals surface area (Å²) in [6.45, 7) is 1.89. The Bertz CT molecular complexity index is 666. The molecule has 0 saturated heterocycles. The van der Waals surface area contributed by atoms with E-state index >= 15 is 0 Å². The van der Waals surface area contributed by atoms with Gasteiger partial charge in [0.25, 0.3) is 5.69 Å². The van der Waals surface area contributed by atoms with Crippen LogP contribution >= 0.6 is 27.5 Å². The summed E-state index contributed by atoms with van der Waals surface area (Å²) in [7, 11) is 0. The minimum absolute atomic E-state index is 0.0785. The Labute approximate surface area is 128 Å². The molecule has 1 heterocycles. The standard InChI is InChI=1S/C12H9BrClN3O3/c1-2-11-15-10(14)6-12(16-11)20-9-4-7(13)3-8(5-9)17(18)19/h3-6H,2H2,1H3. The first-order valence-electron chi connectivity index (χ1n) is 5.64. The lowest BCUT2D eigenvalue weighted by Gasteiger charge is -2.06. The molecule has 2 rings (SSSR count).